The van der Waals surface area contributed by atoms with Gasteiger partial charge in [-0.2, -0.15) is 18.3 Å². The molecule has 4 nitrogen and oxygen atoms in total. The number of ether oxygens (including phenoxy) is 1. The average molecular weight is 354 g/mol. The lowest BCUT2D eigenvalue weighted by atomic mass is 10.2. The number of benzene rings is 2. The Labute approximate surface area is 140 Å². The molecule has 0 spiro atoms. The van der Waals surface area contributed by atoms with Gasteiger partial charge in [0.05, 0.1) is 24.6 Å². The van der Waals surface area contributed by atoms with E-state index in [0.29, 0.717) is 11.1 Å². The molecule has 0 N–H and O–H groups in total. The van der Waals surface area contributed by atoms with Crippen LogP contribution in [0.5, 0.6) is 0 Å². The number of halogens is 4. The third-order valence-electron chi connectivity index (χ3n) is 3.27. The van der Waals surface area contributed by atoms with Crippen LogP contribution in [-0.2, 0) is 15.7 Å². The van der Waals surface area contributed by atoms with Gasteiger partial charge in [0.25, 0.3) is 0 Å². The number of carbonyl (C=O) groups excluding carboxylic acids is 1. The maximum absolute atomic E-state index is 13.8. The molecule has 132 valence electrons. The van der Waals surface area contributed by atoms with Crippen LogP contribution in [0.25, 0.3) is 16.6 Å². The molecule has 0 amide bonds. The van der Waals surface area contributed by atoms with Gasteiger partial charge in [0.1, 0.15) is 11.3 Å². The number of esters is 1. The van der Waals surface area contributed by atoms with Crippen molar-refractivity contribution < 1.29 is 27.1 Å². The molecule has 3 aromatic rings. The highest BCUT2D eigenvalue weighted by molar-refractivity contribution is 5.80. The van der Waals surface area contributed by atoms with Crippen LogP contribution < -0.4 is 0 Å². The third-order valence-corrected chi connectivity index (χ3v) is 3.27. The van der Waals surface area contributed by atoms with Crippen LogP contribution >= 0.6 is 0 Å². The second kappa shape index (κ2) is 7.33. The summed E-state index contributed by atoms with van der Waals surface area (Å²) in [5.74, 6) is -0.718. The Morgan fingerprint density at radius 3 is 2.24 bits per heavy atom. The maximum Gasteiger partial charge on any atom is 0.416 e. The Kier molecular flexibility index (Phi) is 5.41. The maximum atomic E-state index is 13.8. The van der Waals surface area contributed by atoms with Gasteiger partial charge in [-0.25, -0.2) is 9.07 Å². The van der Waals surface area contributed by atoms with Crippen LogP contribution in [0, 0.1) is 5.82 Å². The van der Waals surface area contributed by atoms with Gasteiger partial charge in [-0.3, -0.25) is 4.79 Å². The first kappa shape index (κ1) is 18.4. The van der Waals surface area contributed by atoms with E-state index < -0.39 is 17.6 Å². The molecule has 1 heterocycles. The fraction of sp³-hybridized carbons (Fsp3) is 0.176. The van der Waals surface area contributed by atoms with E-state index in [1.54, 1.807) is 12.1 Å². The van der Waals surface area contributed by atoms with Gasteiger partial charge in [0.2, 0.25) is 0 Å². The zero-order valence-electron chi connectivity index (χ0n) is 13.3. The van der Waals surface area contributed by atoms with Crippen LogP contribution in [0.4, 0.5) is 17.6 Å². The molecule has 0 saturated heterocycles. The van der Waals surface area contributed by atoms with Gasteiger partial charge in [0, 0.05) is 12.3 Å². The molecule has 0 bridgehead atoms. The molecule has 8 heteroatoms. The lowest BCUT2D eigenvalue weighted by Crippen LogP contribution is -2.05. The van der Waals surface area contributed by atoms with E-state index >= 15 is 0 Å². The van der Waals surface area contributed by atoms with Crippen molar-refractivity contribution in [2.75, 3.05) is 7.11 Å². The van der Waals surface area contributed by atoms with E-state index in [-0.39, 0.29) is 11.5 Å². The first-order chi connectivity index (χ1) is 11.7. The first-order valence-corrected chi connectivity index (χ1v) is 7.08. The lowest BCUT2D eigenvalue weighted by Gasteiger charge is -2.08. The fourth-order valence-electron chi connectivity index (χ4n) is 2.02. The Morgan fingerprint density at radius 2 is 1.72 bits per heavy atom. The van der Waals surface area contributed by atoms with E-state index in [1.807, 2.05) is 0 Å². The standard InChI is InChI=1S/C14H8F4N2.C3H6O2/c15-12-3-1-2-9-8-19-20(13(9)12)11-6-4-10(5-7-11)14(16,17)18;1-3(4)5-2/h1-8H;1-2H3. The van der Waals surface area contributed by atoms with E-state index in [4.69, 9.17) is 0 Å². The molecule has 3 rings (SSSR count). The van der Waals surface area contributed by atoms with Crippen molar-refractivity contribution in [2.24, 2.45) is 0 Å². The highest BCUT2D eigenvalue weighted by Gasteiger charge is 2.30. The van der Waals surface area contributed by atoms with E-state index in [0.717, 1.165) is 12.1 Å². The largest absolute Gasteiger partial charge is 0.469 e. The summed E-state index contributed by atoms with van der Waals surface area (Å²) in [6, 6.07) is 8.95. The van der Waals surface area contributed by atoms with Crippen LogP contribution in [0.2, 0.25) is 0 Å². The minimum atomic E-state index is -4.39. The summed E-state index contributed by atoms with van der Waals surface area (Å²) in [6.45, 7) is 1.36. The van der Waals surface area contributed by atoms with Gasteiger partial charge in [0.15, 0.2) is 0 Å². The van der Waals surface area contributed by atoms with Crippen molar-refractivity contribution in [1.29, 1.82) is 0 Å². The molecule has 0 atom stereocenters. The monoisotopic (exact) mass is 354 g/mol. The second-order valence-electron chi connectivity index (χ2n) is 4.97. The van der Waals surface area contributed by atoms with Crippen molar-refractivity contribution in [3.63, 3.8) is 0 Å². The highest BCUT2D eigenvalue weighted by atomic mass is 19.4. The topological polar surface area (TPSA) is 44.1 Å². The predicted molar refractivity (Wildman–Crippen MR) is 83.7 cm³/mol. The Balaban J connectivity index is 0.000000399. The number of hydrogen-bond donors (Lipinski definition) is 0. The normalized spacial score (nSPS) is 11.0. The lowest BCUT2D eigenvalue weighted by molar-refractivity contribution is -0.138. The number of methoxy groups -OCH3 is 1. The molecule has 1 aromatic heterocycles. The predicted octanol–water partition coefficient (Wildman–Crippen LogP) is 4.36. The minimum Gasteiger partial charge on any atom is -0.469 e. The van der Waals surface area contributed by atoms with Gasteiger partial charge >= 0.3 is 12.1 Å². The van der Waals surface area contributed by atoms with Crippen LogP contribution in [-0.4, -0.2) is 22.9 Å². The molecular formula is C17H14F4N2O2. The van der Waals surface area contributed by atoms with Crippen molar-refractivity contribution in [1.82, 2.24) is 9.78 Å². The zero-order valence-corrected chi connectivity index (χ0v) is 13.3. The molecule has 0 radical (unpaired) electrons. The molecular weight excluding hydrogens is 340 g/mol. The number of nitrogens with zero attached hydrogens (tertiary/aromatic N) is 2. The SMILES string of the molecule is COC(C)=O.Fc1cccc2cnn(-c3ccc(C(F)(F)F)cc3)c12. The summed E-state index contributed by atoms with van der Waals surface area (Å²) in [4.78, 5) is 9.59. The third kappa shape index (κ3) is 4.34. The summed E-state index contributed by atoms with van der Waals surface area (Å²) < 4.78 is 56.7. The summed E-state index contributed by atoms with van der Waals surface area (Å²) in [6.07, 6.45) is -2.92. The summed E-state index contributed by atoms with van der Waals surface area (Å²) in [5, 5.41) is 4.60. The van der Waals surface area contributed by atoms with Crippen LogP contribution in [0.3, 0.4) is 0 Å². The van der Waals surface area contributed by atoms with E-state index in [2.05, 4.69) is 9.84 Å². The molecule has 0 aliphatic heterocycles. The molecule has 2 aromatic carbocycles. The average Bonchev–Trinajstić information content (AvgIpc) is 3.00. The number of carbonyl (C=O) groups is 1. The zero-order chi connectivity index (χ0) is 18.6. The van der Waals surface area contributed by atoms with Crippen molar-refractivity contribution in [2.45, 2.75) is 13.1 Å². The Bertz CT molecular complexity index is 870. The molecule has 25 heavy (non-hydrogen) atoms. The van der Waals surface area contributed by atoms with Crippen molar-refractivity contribution in [3.8, 4) is 5.69 Å². The minimum absolute atomic E-state index is 0.243. The van der Waals surface area contributed by atoms with Crippen molar-refractivity contribution >= 4 is 16.9 Å². The van der Waals surface area contributed by atoms with E-state index in [1.165, 1.54) is 43.1 Å². The number of hydrogen-bond acceptors (Lipinski definition) is 3. The summed E-state index contributed by atoms with van der Waals surface area (Å²) >= 11 is 0. The molecule has 0 aliphatic rings. The van der Waals surface area contributed by atoms with Crippen LogP contribution in [0.15, 0.2) is 48.7 Å². The van der Waals surface area contributed by atoms with Gasteiger partial charge in [-0.15, -0.1) is 0 Å². The van der Waals surface area contributed by atoms with Crippen molar-refractivity contribution in [3.05, 3.63) is 60.0 Å². The first-order valence-electron chi connectivity index (χ1n) is 7.08. The van der Waals surface area contributed by atoms with Gasteiger partial charge < -0.3 is 4.74 Å². The second-order valence-corrected chi connectivity index (χ2v) is 4.97. The summed E-state index contributed by atoms with van der Waals surface area (Å²) in [7, 11) is 1.35. The van der Waals surface area contributed by atoms with Crippen LogP contribution in [0.1, 0.15) is 12.5 Å². The number of fused-ring (bicyclic) bond motifs is 1. The van der Waals surface area contributed by atoms with E-state index in [9.17, 15) is 22.4 Å². The quantitative estimate of drug-likeness (QED) is 0.482. The number of alkyl halides is 3. The number of para-hydroxylation sites is 1. The number of rotatable bonds is 1. The Morgan fingerprint density at radius 1 is 1.12 bits per heavy atom. The molecule has 0 saturated carbocycles. The highest BCUT2D eigenvalue weighted by Crippen LogP contribution is 2.30. The van der Waals surface area contributed by atoms with Gasteiger partial charge in [-0.05, 0) is 30.3 Å². The summed E-state index contributed by atoms with van der Waals surface area (Å²) in [5.41, 5.74) is -0.136. The smallest absolute Gasteiger partial charge is 0.416 e. The molecule has 0 fully saturated rings. The fourth-order valence-corrected chi connectivity index (χ4v) is 2.02. The molecule has 0 aliphatic carbocycles. The number of aromatic nitrogens is 2. The Hall–Kier alpha value is -2.90. The van der Waals surface area contributed by atoms with Gasteiger partial charge in [-0.1, -0.05) is 12.1 Å². The molecule has 0 unspecified atom stereocenters.